The topological polar surface area (TPSA) is 18.5 Å². The van der Waals surface area contributed by atoms with Crippen molar-refractivity contribution in [3.8, 4) is 22.6 Å². The zero-order valence-corrected chi connectivity index (χ0v) is 23.1. The number of benzene rings is 5. The minimum atomic E-state index is -0.811. The molecule has 0 radical (unpaired) electrons. The van der Waals surface area contributed by atoms with Gasteiger partial charge in [0.15, 0.2) is 5.60 Å². The number of methoxy groups -OCH3 is 1. The summed E-state index contributed by atoms with van der Waals surface area (Å²) in [5.41, 5.74) is 7.11. The second-order valence-corrected chi connectivity index (χ2v) is 11.6. The van der Waals surface area contributed by atoms with Gasteiger partial charge < -0.3 is 9.47 Å². The van der Waals surface area contributed by atoms with E-state index in [1.54, 1.807) is 19.2 Å². The SMILES string of the molecule is COc1ccc(C2(c3ccccc3)C=Cc3c4c(c5ccccc5c3O2)-c2ccc(F)cc2C42CCCCC2)cc1. The summed E-state index contributed by atoms with van der Waals surface area (Å²) in [5.74, 6) is 1.55. The summed E-state index contributed by atoms with van der Waals surface area (Å²) >= 11 is 0. The highest BCUT2D eigenvalue weighted by molar-refractivity contribution is 6.08. The monoisotopic (exact) mass is 538 g/mol. The second kappa shape index (κ2) is 9.07. The van der Waals surface area contributed by atoms with Crippen LogP contribution >= 0.6 is 0 Å². The van der Waals surface area contributed by atoms with Crippen LogP contribution in [0.3, 0.4) is 0 Å². The molecule has 0 saturated heterocycles. The summed E-state index contributed by atoms with van der Waals surface area (Å²) in [6.45, 7) is 0. The van der Waals surface area contributed by atoms with E-state index >= 15 is 0 Å². The fourth-order valence-corrected chi connectivity index (χ4v) is 7.81. The van der Waals surface area contributed by atoms with Crippen LogP contribution in [0.25, 0.3) is 28.0 Å². The average Bonchev–Trinajstić information content (AvgIpc) is 3.30. The minimum Gasteiger partial charge on any atom is -0.497 e. The Labute approximate surface area is 240 Å². The van der Waals surface area contributed by atoms with Gasteiger partial charge in [-0.25, -0.2) is 4.39 Å². The van der Waals surface area contributed by atoms with Crippen LogP contribution in [0.1, 0.15) is 59.9 Å². The maximum absolute atomic E-state index is 14.9. The maximum atomic E-state index is 14.9. The number of hydrogen-bond acceptors (Lipinski definition) is 2. The van der Waals surface area contributed by atoms with E-state index < -0.39 is 5.60 Å². The van der Waals surface area contributed by atoms with E-state index in [9.17, 15) is 4.39 Å². The van der Waals surface area contributed by atoms with Crippen molar-refractivity contribution in [3.63, 3.8) is 0 Å². The first-order valence-corrected chi connectivity index (χ1v) is 14.6. The van der Waals surface area contributed by atoms with Crippen molar-refractivity contribution in [1.29, 1.82) is 0 Å². The molecule has 3 heteroatoms. The molecule has 0 N–H and O–H groups in total. The van der Waals surface area contributed by atoms with E-state index in [2.05, 4.69) is 72.8 Å². The largest absolute Gasteiger partial charge is 0.497 e. The Kier molecular flexibility index (Phi) is 5.41. The van der Waals surface area contributed by atoms with Crippen molar-refractivity contribution in [2.24, 2.45) is 0 Å². The molecule has 1 heterocycles. The smallest absolute Gasteiger partial charge is 0.178 e. The van der Waals surface area contributed by atoms with Crippen LogP contribution in [0, 0.1) is 5.82 Å². The van der Waals surface area contributed by atoms with Gasteiger partial charge in [-0.1, -0.05) is 98.1 Å². The molecule has 202 valence electrons. The fraction of sp³-hybridized carbons (Fsp3) is 0.211. The summed E-state index contributed by atoms with van der Waals surface area (Å²) in [7, 11) is 1.69. The summed E-state index contributed by atoms with van der Waals surface area (Å²) in [6.07, 6.45) is 10.1. The average molecular weight is 539 g/mol. The van der Waals surface area contributed by atoms with E-state index in [0.717, 1.165) is 64.8 Å². The van der Waals surface area contributed by atoms with Crippen LogP contribution in [0.4, 0.5) is 4.39 Å². The third kappa shape index (κ3) is 3.41. The quantitative estimate of drug-likeness (QED) is 0.228. The lowest BCUT2D eigenvalue weighted by molar-refractivity contribution is 0.163. The summed E-state index contributed by atoms with van der Waals surface area (Å²) in [6, 6.07) is 32.6. The van der Waals surface area contributed by atoms with Gasteiger partial charge in [-0.05, 0) is 70.8 Å². The molecule has 1 unspecified atom stereocenters. The highest BCUT2D eigenvalue weighted by Gasteiger charge is 2.48. The lowest BCUT2D eigenvalue weighted by atomic mass is 9.66. The van der Waals surface area contributed by atoms with Crippen LogP contribution in [-0.4, -0.2) is 7.11 Å². The highest BCUT2D eigenvalue weighted by atomic mass is 19.1. The van der Waals surface area contributed by atoms with Gasteiger partial charge >= 0.3 is 0 Å². The Bertz CT molecular complexity index is 1830. The van der Waals surface area contributed by atoms with Crippen LogP contribution in [0.2, 0.25) is 0 Å². The zero-order valence-electron chi connectivity index (χ0n) is 23.1. The van der Waals surface area contributed by atoms with Crippen LogP contribution in [0.5, 0.6) is 11.5 Å². The minimum absolute atomic E-state index is 0.158. The standard InChI is InChI=1S/C38H31FO2/c1-40-28-17-14-26(15-18-28)38(25-10-4-2-5-11-25)23-20-32-35-34(29-12-6-7-13-30(29)36(32)41-38)31-19-16-27(39)24-33(31)37(35)21-8-3-9-22-37/h2,4-7,10-20,23-24H,3,8-9,21-22H2,1H3. The first kappa shape index (κ1) is 24.4. The molecule has 1 aliphatic heterocycles. The Morgan fingerprint density at radius 3 is 2.22 bits per heavy atom. The summed E-state index contributed by atoms with van der Waals surface area (Å²) in [4.78, 5) is 0. The van der Waals surface area contributed by atoms with Gasteiger partial charge in [0.1, 0.15) is 17.3 Å². The lowest BCUT2D eigenvalue weighted by Crippen LogP contribution is -2.35. The lowest BCUT2D eigenvalue weighted by Gasteiger charge is -2.41. The molecule has 5 aromatic carbocycles. The Morgan fingerprint density at radius 1 is 0.756 bits per heavy atom. The first-order chi connectivity index (χ1) is 20.1. The normalized spacial score (nSPS) is 19.9. The van der Waals surface area contributed by atoms with Crippen molar-refractivity contribution >= 4 is 16.8 Å². The molecular weight excluding hydrogens is 507 g/mol. The molecule has 0 bridgehead atoms. The number of rotatable bonds is 3. The van der Waals surface area contributed by atoms with E-state index in [-0.39, 0.29) is 11.2 Å². The molecule has 1 fully saturated rings. The predicted molar refractivity (Wildman–Crippen MR) is 163 cm³/mol. The number of halogens is 1. The molecule has 8 rings (SSSR count). The Morgan fingerprint density at radius 2 is 1.46 bits per heavy atom. The Hall–Kier alpha value is -4.37. The van der Waals surface area contributed by atoms with E-state index in [0.29, 0.717) is 0 Å². The zero-order chi connectivity index (χ0) is 27.6. The first-order valence-electron chi connectivity index (χ1n) is 14.6. The van der Waals surface area contributed by atoms with Gasteiger partial charge in [-0.3, -0.25) is 0 Å². The molecule has 2 aliphatic carbocycles. The van der Waals surface area contributed by atoms with Gasteiger partial charge in [-0.15, -0.1) is 0 Å². The third-order valence-corrected chi connectivity index (χ3v) is 9.63. The molecule has 41 heavy (non-hydrogen) atoms. The fourth-order valence-electron chi connectivity index (χ4n) is 7.81. The third-order valence-electron chi connectivity index (χ3n) is 9.63. The van der Waals surface area contributed by atoms with Crippen LogP contribution in [-0.2, 0) is 11.0 Å². The van der Waals surface area contributed by atoms with Crippen molar-refractivity contribution in [2.75, 3.05) is 7.11 Å². The van der Waals surface area contributed by atoms with Gasteiger partial charge in [-0.2, -0.15) is 0 Å². The molecule has 0 aromatic heterocycles. The number of hydrogen-bond donors (Lipinski definition) is 0. The number of ether oxygens (including phenoxy) is 2. The van der Waals surface area contributed by atoms with E-state index in [1.807, 2.05) is 24.3 Å². The predicted octanol–water partition coefficient (Wildman–Crippen LogP) is 9.57. The second-order valence-electron chi connectivity index (χ2n) is 11.6. The van der Waals surface area contributed by atoms with Crippen molar-refractivity contribution < 1.29 is 13.9 Å². The highest BCUT2D eigenvalue weighted by Crippen LogP contribution is 2.62. The van der Waals surface area contributed by atoms with Gasteiger partial charge in [0.05, 0.1) is 7.11 Å². The molecule has 0 amide bonds. The summed E-state index contributed by atoms with van der Waals surface area (Å²) < 4.78 is 27.7. The molecular formula is C38H31FO2. The van der Waals surface area contributed by atoms with Gasteiger partial charge in [0.25, 0.3) is 0 Å². The molecule has 1 spiro atoms. The molecule has 2 nitrogen and oxygen atoms in total. The van der Waals surface area contributed by atoms with E-state index in [1.165, 1.54) is 28.5 Å². The van der Waals surface area contributed by atoms with Crippen molar-refractivity contribution in [2.45, 2.75) is 43.1 Å². The molecule has 3 aliphatic rings. The van der Waals surface area contributed by atoms with Crippen molar-refractivity contribution in [1.82, 2.24) is 0 Å². The van der Waals surface area contributed by atoms with E-state index in [4.69, 9.17) is 9.47 Å². The van der Waals surface area contributed by atoms with Crippen LogP contribution in [0.15, 0.2) is 103 Å². The maximum Gasteiger partial charge on any atom is 0.178 e. The van der Waals surface area contributed by atoms with Crippen LogP contribution < -0.4 is 9.47 Å². The number of fused-ring (bicyclic) bond motifs is 10. The summed E-state index contributed by atoms with van der Waals surface area (Å²) in [5, 5.41) is 2.26. The molecule has 1 saturated carbocycles. The molecule has 5 aromatic rings. The van der Waals surface area contributed by atoms with Crippen molar-refractivity contribution in [3.05, 3.63) is 137 Å². The Balaban J connectivity index is 1.44. The molecule has 1 atom stereocenters. The van der Waals surface area contributed by atoms with Gasteiger partial charge in [0, 0.05) is 27.5 Å². The van der Waals surface area contributed by atoms with Gasteiger partial charge in [0.2, 0.25) is 0 Å².